The highest BCUT2D eigenvalue weighted by atomic mass is 35.5. The molecule has 1 aliphatic heterocycles. The lowest BCUT2D eigenvalue weighted by molar-refractivity contribution is -0.141. The van der Waals surface area contributed by atoms with Gasteiger partial charge in [0, 0.05) is 41.5 Å². The van der Waals surface area contributed by atoms with Crippen LogP contribution in [0.3, 0.4) is 0 Å². The number of hydrogen-bond donors (Lipinski definition) is 1. The van der Waals surface area contributed by atoms with Gasteiger partial charge in [0.1, 0.15) is 19.3 Å². The average Bonchev–Trinajstić information content (AvgIpc) is 2.95. The third kappa shape index (κ3) is 7.90. The Morgan fingerprint density at radius 3 is 2.36 bits per heavy atom. The molecule has 8 heteroatoms. The molecule has 0 saturated heterocycles. The van der Waals surface area contributed by atoms with Gasteiger partial charge in [0.15, 0.2) is 11.5 Å². The van der Waals surface area contributed by atoms with Gasteiger partial charge in [-0.15, -0.1) is 0 Å². The predicted octanol–water partition coefficient (Wildman–Crippen LogP) is 6.25. The number of nitrogens with zero attached hydrogens (tertiary/aromatic N) is 1. The minimum Gasteiger partial charge on any atom is -0.486 e. The van der Waals surface area contributed by atoms with Crippen LogP contribution in [0.25, 0.3) is 0 Å². The van der Waals surface area contributed by atoms with E-state index in [1.54, 1.807) is 23.1 Å². The molecule has 0 aliphatic carbocycles. The molecule has 3 aromatic rings. The molecular weight excluding hydrogens is 535 g/mol. The number of ether oxygens (including phenoxy) is 2. The first kappa shape index (κ1) is 28.8. The van der Waals surface area contributed by atoms with Crippen LogP contribution in [0.5, 0.6) is 11.5 Å². The molecule has 0 aromatic heterocycles. The van der Waals surface area contributed by atoms with Crippen LogP contribution >= 0.6 is 23.2 Å². The first-order valence-corrected chi connectivity index (χ1v) is 14.1. The van der Waals surface area contributed by atoms with E-state index in [9.17, 15) is 9.59 Å². The molecule has 0 bridgehead atoms. The van der Waals surface area contributed by atoms with Crippen molar-refractivity contribution in [2.75, 3.05) is 19.8 Å². The average molecular weight is 570 g/mol. The van der Waals surface area contributed by atoms with Crippen LogP contribution in [0, 0.1) is 0 Å². The molecule has 3 aromatic carbocycles. The lowest BCUT2D eigenvalue weighted by Crippen LogP contribution is -2.50. The number of rotatable bonds is 12. The summed E-state index contributed by atoms with van der Waals surface area (Å²) in [6.45, 7) is 3.76. The van der Waals surface area contributed by atoms with Gasteiger partial charge < -0.3 is 19.7 Å². The van der Waals surface area contributed by atoms with Gasteiger partial charge in [0.05, 0.1) is 0 Å². The van der Waals surface area contributed by atoms with E-state index >= 15 is 0 Å². The van der Waals surface area contributed by atoms with Crippen molar-refractivity contribution in [2.24, 2.45) is 0 Å². The molecule has 6 nitrogen and oxygen atoms in total. The molecule has 0 fully saturated rings. The van der Waals surface area contributed by atoms with E-state index < -0.39 is 6.04 Å². The summed E-state index contributed by atoms with van der Waals surface area (Å²) in [7, 11) is 0. The first-order chi connectivity index (χ1) is 19.0. The van der Waals surface area contributed by atoms with Crippen LogP contribution in [-0.2, 0) is 29.0 Å². The first-order valence-electron chi connectivity index (χ1n) is 13.4. The lowest BCUT2D eigenvalue weighted by atomic mass is 10.0. The summed E-state index contributed by atoms with van der Waals surface area (Å²) in [5.41, 5.74) is 2.53. The summed E-state index contributed by atoms with van der Waals surface area (Å²) in [6.07, 6.45) is 2.87. The SMILES string of the molecule is CCCCNC(=O)[C@H](Cc1ccccc1)N(Cc1c(Cl)cccc1Cl)C(=O)CCc1ccc2c(c1)OCCO2. The highest BCUT2D eigenvalue weighted by Gasteiger charge is 2.31. The Morgan fingerprint density at radius 1 is 0.923 bits per heavy atom. The monoisotopic (exact) mass is 568 g/mol. The molecule has 4 rings (SSSR count). The van der Waals surface area contributed by atoms with Crippen molar-refractivity contribution in [1.82, 2.24) is 10.2 Å². The molecule has 1 atom stereocenters. The number of unbranched alkanes of at least 4 members (excludes halogenated alkanes) is 1. The van der Waals surface area contributed by atoms with Gasteiger partial charge in [-0.05, 0) is 48.2 Å². The van der Waals surface area contributed by atoms with Crippen molar-refractivity contribution in [3.8, 4) is 11.5 Å². The van der Waals surface area contributed by atoms with Crippen LogP contribution < -0.4 is 14.8 Å². The van der Waals surface area contributed by atoms with Crippen molar-refractivity contribution in [3.05, 3.63) is 93.5 Å². The zero-order valence-corrected chi connectivity index (χ0v) is 23.6. The highest BCUT2D eigenvalue weighted by Crippen LogP contribution is 2.32. The normalized spacial score (nSPS) is 13.0. The summed E-state index contributed by atoms with van der Waals surface area (Å²) in [4.78, 5) is 29.1. The van der Waals surface area contributed by atoms with E-state index in [0.29, 0.717) is 59.7 Å². The predicted molar refractivity (Wildman–Crippen MR) is 155 cm³/mol. The molecule has 1 heterocycles. The summed E-state index contributed by atoms with van der Waals surface area (Å²) < 4.78 is 11.3. The third-order valence-electron chi connectivity index (χ3n) is 6.72. The largest absolute Gasteiger partial charge is 0.486 e. The van der Waals surface area contributed by atoms with Crippen LogP contribution in [0.1, 0.15) is 42.9 Å². The topological polar surface area (TPSA) is 67.9 Å². The molecule has 0 radical (unpaired) electrons. The number of carbonyl (C=O) groups is 2. The summed E-state index contributed by atoms with van der Waals surface area (Å²) in [6, 6.07) is 20.0. The van der Waals surface area contributed by atoms with E-state index in [1.165, 1.54) is 0 Å². The summed E-state index contributed by atoms with van der Waals surface area (Å²) in [5, 5.41) is 3.94. The minimum atomic E-state index is -0.732. The molecule has 39 heavy (non-hydrogen) atoms. The smallest absolute Gasteiger partial charge is 0.243 e. The van der Waals surface area contributed by atoms with Gasteiger partial charge in [0.2, 0.25) is 11.8 Å². The van der Waals surface area contributed by atoms with Gasteiger partial charge in [-0.1, -0.05) is 79.0 Å². The number of nitrogens with one attached hydrogen (secondary N) is 1. The van der Waals surface area contributed by atoms with Gasteiger partial charge >= 0.3 is 0 Å². The fraction of sp³-hybridized carbons (Fsp3) is 0.355. The molecule has 1 N–H and O–H groups in total. The number of benzene rings is 3. The zero-order valence-electron chi connectivity index (χ0n) is 22.1. The van der Waals surface area contributed by atoms with E-state index in [1.807, 2.05) is 48.5 Å². The fourth-order valence-corrected chi connectivity index (χ4v) is 5.07. The van der Waals surface area contributed by atoms with Crippen molar-refractivity contribution in [1.29, 1.82) is 0 Å². The molecule has 1 aliphatic rings. The second kappa shape index (κ2) is 14.2. The number of aryl methyl sites for hydroxylation is 1. The van der Waals surface area contributed by atoms with E-state index in [0.717, 1.165) is 24.0 Å². The molecule has 2 amide bonds. The van der Waals surface area contributed by atoms with Gasteiger partial charge in [-0.25, -0.2) is 0 Å². The number of fused-ring (bicyclic) bond motifs is 1. The highest BCUT2D eigenvalue weighted by molar-refractivity contribution is 6.36. The van der Waals surface area contributed by atoms with E-state index in [4.69, 9.17) is 32.7 Å². The minimum absolute atomic E-state index is 0.122. The van der Waals surface area contributed by atoms with E-state index in [2.05, 4.69) is 12.2 Å². The quantitative estimate of drug-likeness (QED) is 0.262. The molecule has 206 valence electrons. The molecule has 0 spiro atoms. The Labute approximate surface area is 240 Å². The Hall–Kier alpha value is -3.22. The van der Waals surface area contributed by atoms with Crippen LogP contribution in [0.4, 0.5) is 0 Å². The molecule has 0 unspecified atom stereocenters. The Kier molecular flexibility index (Phi) is 10.5. The zero-order chi connectivity index (χ0) is 27.6. The third-order valence-corrected chi connectivity index (χ3v) is 7.43. The molecule has 0 saturated carbocycles. The lowest BCUT2D eigenvalue weighted by Gasteiger charge is -2.32. The standard InChI is InChI=1S/C31H34Cl2N2O4/c1-2-3-16-34-31(37)27(19-22-8-5-4-6-9-22)35(21-24-25(32)10-7-11-26(24)33)30(36)15-13-23-12-14-28-29(20-23)39-18-17-38-28/h4-12,14,20,27H,2-3,13,15-19,21H2,1H3,(H,34,37)/t27-/m0/s1. The maximum atomic E-state index is 13.9. The maximum Gasteiger partial charge on any atom is 0.243 e. The molecular formula is C31H34Cl2N2O4. The number of halogens is 2. The Morgan fingerprint density at radius 2 is 1.64 bits per heavy atom. The van der Waals surface area contributed by atoms with Gasteiger partial charge in [0.25, 0.3) is 0 Å². The van der Waals surface area contributed by atoms with Gasteiger partial charge in [-0.3, -0.25) is 9.59 Å². The summed E-state index contributed by atoms with van der Waals surface area (Å²) in [5.74, 6) is 1.04. The number of carbonyl (C=O) groups excluding carboxylic acids is 2. The van der Waals surface area contributed by atoms with Crippen molar-refractivity contribution in [2.45, 2.75) is 51.6 Å². The van der Waals surface area contributed by atoms with Crippen LogP contribution in [0.2, 0.25) is 10.0 Å². The van der Waals surface area contributed by atoms with Gasteiger partial charge in [-0.2, -0.15) is 0 Å². The van der Waals surface area contributed by atoms with E-state index in [-0.39, 0.29) is 24.8 Å². The summed E-state index contributed by atoms with van der Waals surface area (Å²) >= 11 is 13.0. The Bertz CT molecular complexity index is 1250. The van der Waals surface area contributed by atoms with Crippen molar-refractivity contribution in [3.63, 3.8) is 0 Å². The number of amides is 2. The van der Waals surface area contributed by atoms with Crippen molar-refractivity contribution < 1.29 is 19.1 Å². The number of hydrogen-bond acceptors (Lipinski definition) is 4. The van der Waals surface area contributed by atoms with Crippen molar-refractivity contribution >= 4 is 35.0 Å². The second-order valence-corrected chi connectivity index (χ2v) is 10.4. The Balaban J connectivity index is 1.61. The maximum absolute atomic E-state index is 13.9. The van der Waals surface area contributed by atoms with Crippen LogP contribution in [-0.4, -0.2) is 42.5 Å². The fourth-order valence-electron chi connectivity index (χ4n) is 4.55. The van der Waals surface area contributed by atoms with Crippen LogP contribution in [0.15, 0.2) is 66.7 Å². The second-order valence-electron chi connectivity index (χ2n) is 9.55.